The first-order valence-electron chi connectivity index (χ1n) is 4.39. The van der Waals surface area contributed by atoms with Crippen molar-refractivity contribution in [2.75, 3.05) is 13.2 Å². The van der Waals surface area contributed by atoms with Gasteiger partial charge in [-0.3, -0.25) is 4.84 Å². The molecule has 0 heterocycles. The zero-order chi connectivity index (χ0) is 11.9. The van der Waals surface area contributed by atoms with Gasteiger partial charge in [-0.1, -0.05) is 0 Å². The van der Waals surface area contributed by atoms with Crippen LogP contribution in [0.4, 0.5) is 9.59 Å². The number of carboxylic acid groups (broad SMARTS) is 1. The maximum Gasteiger partial charge on any atom is 0.431 e. The molecule has 7 nitrogen and oxygen atoms in total. The van der Waals surface area contributed by atoms with Crippen molar-refractivity contribution in [3.63, 3.8) is 0 Å². The Morgan fingerprint density at radius 3 is 2.40 bits per heavy atom. The molecule has 0 radical (unpaired) electrons. The van der Waals surface area contributed by atoms with Crippen molar-refractivity contribution in [3.05, 3.63) is 0 Å². The third-order valence-electron chi connectivity index (χ3n) is 1.03. The number of hydrogen-bond donors (Lipinski definition) is 3. The zero-order valence-corrected chi connectivity index (χ0v) is 8.99. The van der Waals surface area contributed by atoms with Crippen LogP contribution in [-0.4, -0.2) is 36.0 Å². The molecule has 0 unspecified atom stereocenters. The van der Waals surface area contributed by atoms with Crippen LogP contribution in [0.2, 0.25) is 0 Å². The summed E-state index contributed by atoms with van der Waals surface area (Å²) in [5.74, 6) is 0. The van der Waals surface area contributed by atoms with E-state index < -0.39 is 17.8 Å². The van der Waals surface area contributed by atoms with Gasteiger partial charge in [-0.25, -0.2) is 9.59 Å². The Labute approximate surface area is 87.7 Å². The molecule has 3 N–H and O–H groups in total. The summed E-state index contributed by atoms with van der Waals surface area (Å²) in [5, 5.41) is 10.3. The average Bonchev–Trinajstić information content (AvgIpc) is 1.99. The number of hydroxylamine groups is 1. The topological polar surface area (TPSA) is 96.9 Å². The summed E-state index contributed by atoms with van der Waals surface area (Å²) < 4.78 is 4.85. The molecule has 0 bridgehead atoms. The van der Waals surface area contributed by atoms with E-state index in [4.69, 9.17) is 9.84 Å². The highest BCUT2D eigenvalue weighted by molar-refractivity contribution is 5.66. The number of nitrogens with one attached hydrogen (secondary N) is 2. The van der Waals surface area contributed by atoms with E-state index in [2.05, 4.69) is 10.2 Å². The van der Waals surface area contributed by atoms with E-state index >= 15 is 0 Å². The molecule has 0 atom stereocenters. The van der Waals surface area contributed by atoms with E-state index in [9.17, 15) is 9.59 Å². The van der Waals surface area contributed by atoms with Crippen LogP contribution in [0.1, 0.15) is 20.8 Å². The van der Waals surface area contributed by atoms with Crippen LogP contribution in [0.3, 0.4) is 0 Å². The monoisotopic (exact) mass is 220 g/mol. The van der Waals surface area contributed by atoms with Crippen molar-refractivity contribution < 1.29 is 24.3 Å². The van der Waals surface area contributed by atoms with E-state index in [1.807, 2.05) is 5.48 Å². The summed E-state index contributed by atoms with van der Waals surface area (Å²) in [4.78, 5) is 25.6. The second kappa shape index (κ2) is 6.07. The molecule has 7 heteroatoms. The molecule has 0 spiro atoms. The largest absolute Gasteiger partial charge is 0.465 e. The molecule has 0 aromatic carbocycles. The Kier molecular flexibility index (Phi) is 5.46. The lowest BCUT2D eigenvalue weighted by Gasteiger charge is -2.19. The van der Waals surface area contributed by atoms with Crippen LogP contribution < -0.4 is 10.8 Å². The number of hydrogen-bond acceptors (Lipinski definition) is 4. The molecule has 0 aromatic rings. The van der Waals surface area contributed by atoms with Gasteiger partial charge >= 0.3 is 12.2 Å². The first kappa shape index (κ1) is 13.5. The summed E-state index contributed by atoms with van der Waals surface area (Å²) in [6, 6.07) is 0. The number of carbonyl (C=O) groups is 2. The number of rotatable bonds is 4. The third-order valence-corrected chi connectivity index (χ3v) is 1.03. The van der Waals surface area contributed by atoms with E-state index in [0.29, 0.717) is 0 Å². The molecular formula is C8H16N2O5. The minimum absolute atomic E-state index is 0.0333. The van der Waals surface area contributed by atoms with Gasteiger partial charge in [0, 0.05) is 6.54 Å². The molecular weight excluding hydrogens is 204 g/mol. The van der Waals surface area contributed by atoms with Crippen molar-refractivity contribution in [2.45, 2.75) is 26.4 Å². The molecule has 0 fully saturated rings. The van der Waals surface area contributed by atoms with Gasteiger partial charge in [0.15, 0.2) is 0 Å². The van der Waals surface area contributed by atoms with E-state index in [1.165, 1.54) is 0 Å². The number of amides is 2. The lowest BCUT2D eigenvalue weighted by atomic mass is 10.2. The maximum absolute atomic E-state index is 11.0. The molecule has 0 aliphatic heterocycles. The Morgan fingerprint density at radius 2 is 1.93 bits per heavy atom. The molecule has 0 rings (SSSR count). The Bertz CT molecular complexity index is 224. The van der Waals surface area contributed by atoms with Gasteiger partial charge in [-0.15, -0.1) is 0 Å². The fraction of sp³-hybridized carbons (Fsp3) is 0.750. The molecule has 0 aliphatic rings. The van der Waals surface area contributed by atoms with Gasteiger partial charge < -0.3 is 15.2 Å². The van der Waals surface area contributed by atoms with Crippen LogP contribution in [-0.2, 0) is 9.57 Å². The molecule has 0 saturated heterocycles. The van der Waals surface area contributed by atoms with Gasteiger partial charge in [0.25, 0.3) is 0 Å². The van der Waals surface area contributed by atoms with Gasteiger partial charge in [-0.05, 0) is 20.8 Å². The third kappa shape index (κ3) is 10.4. The van der Waals surface area contributed by atoms with Crippen molar-refractivity contribution in [3.8, 4) is 0 Å². The molecule has 15 heavy (non-hydrogen) atoms. The second-order valence-corrected chi connectivity index (χ2v) is 3.68. The van der Waals surface area contributed by atoms with Crippen molar-refractivity contribution in [1.82, 2.24) is 10.8 Å². The lowest BCUT2D eigenvalue weighted by molar-refractivity contribution is -0.00646. The fourth-order valence-electron chi connectivity index (χ4n) is 0.618. The fourth-order valence-corrected chi connectivity index (χ4v) is 0.618. The summed E-state index contributed by atoms with van der Waals surface area (Å²) in [6.45, 7) is 5.28. The number of ether oxygens (including phenoxy) is 1. The molecule has 0 saturated carbocycles. The van der Waals surface area contributed by atoms with Crippen molar-refractivity contribution in [2.24, 2.45) is 0 Å². The minimum Gasteiger partial charge on any atom is -0.465 e. The first-order chi connectivity index (χ1) is 6.81. The number of carbonyl (C=O) groups excluding carboxylic acids is 1. The second-order valence-electron chi connectivity index (χ2n) is 3.68. The van der Waals surface area contributed by atoms with Crippen LogP contribution in [0.5, 0.6) is 0 Å². The van der Waals surface area contributed by atoms with Crippen LogP contribution in [0.25, 0.3) is 0 Å². The SMILES string of the molecule is CC(C)(C)OC(=O)NOCCNC(=O)O. The molecule has 2 amide bonds. The lowest BCUT2D eigenvalue weighted by Crippen LogP contribution is -2.34. The predicted octanol–water partition coefficient (Wildman–Crippen LogP) is 0.710. The van der Waals surface area contributed by atoms with Crippen molar-refractivity contribution in [1.29, 1.82) is 0 Å². The van der Waals surface area contributed by atoms with Gasteiger partial charge in [0.05, 0.1) is 6.61 Å². The highest BCUT2D eigenvalue weighted by Gasteiger charge is 2.15. The Morgan fingerprint density at radius 1 is 1.33 bits per heavy atom. The van der Waals surface area contributed by atoms with Gasteiger partial charge in [0.1, 0.15) is 5.60 Å². The molecule has 88 valence electrons. The van der Waals surface area contributed by atoms with Gasteiger partial charge in [0.2, 0.25) is 0 Å². The van der Waals surface area contributed by atoms with Crippen LogP contribution in [0, 0.1) is 0 Å². The summed E-state index contributed by atoms with van der Waals surface area (Å²) in [6.07, 6.45) is -1.85. The van der Waals surface area contributed by atoms with E-state index in [0.717, 1.165) is 0 Å². The van der Waals surface area contributed by atoms with Crippen molar-refractivity contribution >= 4 is 12.2 Å². The van der Waals surface area contributed by atoms with E-state index in [1.54, 1.807) is 20.8 Å². The van der Waals surface area contributed by atoms with Gasteiger partial charge in [-0.2, -0.15) is 5.48 Å². The normalized spacial score (nSPS) is 10.6. The highest BCUT2D eigenvalue weighted by Crippen LogP contribution is 2.05. The quantitative estimate of drug-likeness (QED) is 0.479. The van der Waals surface area contributed by atoms with Crippen LogP contribution in [0.15, 0.2) is 0 Å². The standard InChI is InChI=1S/C8H16N2O5/c1-8(2,3)15-7(13)10-14-5-4-9-6(11)12/h9H,4-5H2,1-3H3,(H,10,13)(H,11,12). The summed E-state index contributed by atoms with van der Waals surface area (Å²) in [5.41, 5.74) is 1.43. The summed E-state index contributed by atoms with van der Waals surface area (Å²) in [7, 11) is 0. The predicted molar refractivity (Wildman–Crippen MR) is 51.3 cm³/mol. The van der Waals surface area contributed by atoms with E-state index in [-0.39, 0.29) is 13.2 Å². The van der Waals surface area contributed by atoms with Crippen LogP contribution >= 0.6 is 0 Å². The molecule has 0 aromatic heterocycles. The Hall–Kier alpha value is -1.50. The summed E-state index contributed by atoms with van der Waals surface area (Å²) >= 11 is 0. The zero-order valence-electron chi connectivity index (χ0n) is 8.99. The first-order valence-corrected chi connectivity index (χ1v) is 4.39. The maximum atomic E-state index is 11.0. The minimum atomic E-state index is -1.14. The smallest absolute Gasteiger partial charge is 0.431 e. The molecule has 0 aliphatic carbocycles. The highest BCUT2D eigenvalue weighted by atomic mass is 16.7. The Balaban J connectivity index is 3.44. The average molecular weight is 220 g/mol.